The molecule has 2 saturated heterocycles. The maximum Gasteiger partial charge on any atom is 0.249 e. The van der Waals surface area contributed by atoms with E-state index in [0.717, 1.165) is 12.8 Å². The highest BCUT2D eigenvalue weighted by molar-refractivity contribution is 7.91. The molecule has 6 heteroatoms. The molecule has 0 unspecified atom stereocenters. The first-order valence-electron chi connectivity index (χ1n) is 5.19. The molecule has 1 amide bonds. The van der Waals surface area contributed by atoms with Gasteiger partial charge in [-0.05, 0) is 19.3 Å². The number of carbonyl (C=O) groups is 1. The molecule has 86 valence electrons. The minimum atomic E-state index is -2.92. The van der Waals surface area contributed by atoms with Crippen LogP contribution in [0.5, 0.6) is 0 Å². The fourth-order valence-electron chi connectivity index (χ4n) is 1.99. The summed E-state index contributed by atoms with van der Waals surface area (Å²) in [5.74, 6) is 0.101. The molecule has 0 aromatic rings. The lowest BCUT2D eigenvalue weighted by Crippen LogP contribution is -2.41. The lowest BCUT2D eigenvalue weighted by molar-refractivity contribution is -0.130. The maximum atomic E-state index is 11.6. The summed E-state index contributed by atoms with van der Waals surface area (Å²) in [6, 6.07) is -0.216. The van der Waals surface area contributed by atoms with Crippen LogP contribution in [0.2, 0.25) is 0 Å². The molecule has 2 fully saturated rings. The first-order chi connectivity index (χ1) is 7.07. The molecule has 15 heavy (non-hydrogen) atoms. The maximum absolute atomic E-state index is 11.6. The van der Waals surface area contributed by atoms with Crippen molar-refractivity contribution in [2.45, 2.75) is 31.4 Å². The topological polar surface area (TPSA) is 72.5 Å². The highest BCUT2D eigenvalue weighted by Crippen LogP contribution is 2.15. The summed E-state index contributed by atoms with van der Waals surface area (Å²) in [6.45, 7) is 0.626. The predicted octanol–water partition coefficient (Wildman–Crippen LogP) is -0.531. The number of nitrogens with one attached hydrogen (secondary N) is 1. The first-order valence-corrected chi connectivity index (χ1v) is 7.01. The van der Waals surface area contributed by atoms with Crippen molar-refractivity contribution in [1.82, 2.24) is 5.32 Å². The average Bonchev–Trinajstić information content (AvgIpc) is 2.74. The third-order valence-corrected chi connectivity index (χ3v) is 4.57. The summed E-state index contributed by atoms with van der Waals surface area (Å²) in [5.41, 5.74) is 0. The highest BCUT2D eigenvalue weighted by atomic mass is 32.2. The largest absolute Gasteiger partial charge is 0.368 e. The van der Waals surface area contributed by atoms with Gasteiger partial charge in [0, 0.05) is 12.6 Å². The number of sulfone groups is 1. The molecule has 0 spiro atoms. The van der Waals surface area contributed by atoms with Crippen LogP contribution in [0.15, 0.2) is 0 Å². The van der Waals surface area contributed by atoms with Gasteiger partial charge >= 0.3 is 0 Å². The fourth-order valence-corrected chi connectivity index (χ4v) is 3.66. The van der Waals surface area contributed by atoms with Gasteiger partial charge in [0.25, 0.3) is 0 Å². The number of ether oxygens (including phenoxy) is 1. The van der Waals surface area contributed by atoms with Crippen molar-refractivity contribution in [1.29, 1.82) is 0 Å². The minimum Gasteiger partial charge on any atom is -0.368 e. The molecule has 2 aliphatic heterocycles. The Kier molecular flexibility index (Phi) is 2.97. The zero-order chi connectivity index (χ0) is 10.9. The van der Waals surface area contributed by atoms with Gasteiger partial charge < -0.3 is 10.1 Å². The third kappa shape index (κ3) is 2.69. The van der Waals surface area contributed by atoms with Crippen LogP contribution >= 0.6 is 0 Å². The lowest BCUT2D eigenvalue weighted by atomic mass is 10.2. The van der Waals surface area contributed by atoms with Crippen molar-refractivity contribution in [2.75, 3.05) is 18.1 Å². The quantitative estimate of drug-likeness (QED) is 0.696. The summed E-state index contributed by atoms with van der Waals surface area (Å²) in [7, 11) is -2.92. The molecular weight excluding hydrogens is 218 g/mol. The van der Waals surface area contributed by atoms with Crippen molar-refractivity contribution < 1.29 is 17.9 Å². The van der Waals surface area contributed by atoms with E-state index in [1.165, 1.54) is 0 Å². The van der Waals surface area contributed by atoms with Gasteiger partial charge in [-0.1, -0.05) is 0 Å². The van der Waals surface area contributed by atoms with Gasteiger partial charge in [-0.15, -0.1) is 0 Å². The van der Waals surface area contributed by atoms with Crippen molar-refractivity contribution in [3.63, 3.8) is 0 Å². The van der Waals surface area contributed by atoms with Crippen LogP contribution in [-0.2, 0) is 19.4 Å². The van der Waals surface area contributed by atoms with Gasteiger partial charge in [-0.3, -0.25) is 4.79 Å². The Balaban J connectivity index is 1.85. The van der Waals surface area contributed by atoms with Gasteiger partial charge in [-0.2, -0.15) is 0 Å². The van der Waals surface area contributed by atoms with Crippen LogP contribution in [0, 0.1) is 0 Å². The van der Waals surface area contributed by atoms with E-state index in [4.69, 9.17) is 4.74 Å². The zero-order valence-electron chi connectivity index (χ0n) is 8.44. The van der Waals surface area contributed by atoms with E-state index >= 15 is 0 Å². The number of carbonyl (C=O) groups excluding carboxylic acids is 1. The van der Waals surface area contributed by atoms with Gasteiger partial charge in [0.2, 0.25) is 5.91 Å². The summed E-state index contributed by atoms with van der Waals surface area (Å²) in [5, 5.41) is 2.73. The van der Waals surface area contributed by atoms with E-state index in [1.54, 1.807) is 0 Å². The monoisotopic (exact) mass is 233 g/mol. The standard InChI is InChI=1S/C9H15NO4S/c11-9(8-2-1-4-14-8)10-7-3-5-15(12,13)6-7/h7-8H,1-6H2,(H,10,11)/t7-,8-/m1/s1. The molecule has 0 saturated carbocycles. The summed E-state index contributed by atoms with van der Waals surface area (Å²) in [6.07, 6.45) is 1.81. The van der Waals surface area contributed by atoms with Crippen LogP contribution in [0.3, 0.4) is 0 Å². The molecule has 0 bridgehead atoms. The molecule has 2 rings (SSSR count). The van der Waals surface area contributed by atoms with Gasteiger partial charge in [0.05, 0.1) is 11.5 Å². The van der Waals surface area contributed by atoms with Crippen molar-refractivity contribution in [2.24, 2.45) is 0 Å². The molecule has 1 N–H and O–H groups in total. The Morgan fingerprint density at radius 2 is 2.13 bits per heavy atom. The summed E-state index contributed by atoms with van der Waals surface area (Å²) >= 11 is 0. The first kappa shape index (κ1) is 10.9. The van der Waals surface area contributed by atoms with Crippen LogP contribution in [0.25, 0.3) is 0 Å². The number of amides is 1. The molecule has 2 aliphatic rings. The van der Waals surface area contributed by atoms with Crippen LogP contribution in [-0.4, -0.2) is 44.6 Å². The van der Waals surface area contributed by atoms with Crippen LogP contribution < -0.4 is 5.32 Å². The fraction of sp³-hybridized carbons (Fsp3) is 0.889. The Bertz CT molecular complexity index is 345. The second kappa shape index (κ2) is 4.09. The van der Waals surface area contributed by atoms with Crippen LogP contribution in [0.1, 0.15) is 19.3 Å². The Morgan fingerprint density at radius 1 is 1.33 bits per heavy atom. The molecule has 0 radical (unpaired) electrons. The number of rotatable bonds is 2. The summed E-state index contributed by atoms with van der Waals surface area (Å²) < 4.78 is 27.5. The Morgan fingerprint density at radius 3 is 2.67 bits per heavy atom. The third-order valence-electron chi connectivity index (χ3n) is 2.80. The molecule has 5 nitrogen and oxygen atoms in total. The second-order valence-corrected chi connectivity index (χ2v) is 6.34. The molecule has 2 heterocycles. The summed E-state index contributed by atoms with van der Waals surface area (Å²) in [4.78, 5) is 11.6. The van der Waals surface area contributed by atoms with E-state index < -0.39 is 9.84 Å². The molecule has 0 aromatic carbocycles. The molecular formula is C9H15NO4S. The zero-order valence-corrected chi connectivity index (χ0v) is 9.26. The minimum absolute atomic E-state index is 0.0749. The van der Waals surface area contributed by atoms with Gasteiger partial charge in [-0.25, -0.2) is 8.42 Å². The SMILES string of the molecule is O=C(N[C@@H]1CCS(=O)(=O)C1)[C@H]1CCCO1. The van der Waals surface area contributed by atoms with Gasteiger partial charge in [0.15, 0.2) is 9.84 Å². The lowest BCUT2D eigenvalue weighted by Gasteiger charge is -2.14. The number of hydrogen-bond acceptors (Lipinski definition) is 4. The molecule has 0 aliphatic carbocycles. The molecule has 2 atom stereocenters. The smallest absolute Gasteiger partial charge is 0.249 e. The van der Waals surface area contributed by atoms with E-state index in [2.05, 4.69) is 5.32 Å². The van der Waals surface area contributed by atoms with E-state index in [9.17, 15) is 13.2 Å². The van der Waals surface area contributed by atoms with Gasteiger partial charge in [0.1, 0.15) is 6.10 Å². The molecule has 0 aromatic heterocycles. The second-order valence-electron chi connectivity index (χ2n) is 4.11. The van der Waals surface area contributed by atoms with Crippen molar-refractivity contribution in [3.05, 3.63) is 0 Å². The van der Waals surface area contributed by atoms with E-state index in [1.807, 2.05) is 0 Å². The predicted molar refractivity (Wildman–Crippen MR) is 54.2 cm³/mol. The number of hydrogen-bond donors (Lipinski definition) is 1. The Hall–Kier alpha value is -0.620. The average molecular weight is 233 g/mol. The van der Waals surface area contributed by atoms with Crippen LogP contribution in [0.4, 0.5) is 0 Å². The Labute approximate surface area is 89.1 Å². The van der Waals surface area contributed by atoms with E-state index in [-0.39, 0.29) is 29.6 Å². The van der Waals surface area contributed by atoms with Crippen molar-refractivity contribution in [3.8, 4) is 0 Å². The highest BCUT2D eigenvalue weighted by Gasteiger charge is 2.31. The van der Waals surface area contributed by atoms with E-state index in [0.29, 0.717) is 13.0 Å². The normalized spacial score (nSPS) is 34.1. The van der Waals surface area contributed by atoms with Crippen molar-refractivity contribution >= 4 is 15.7 Å².